The summed E-state index contributed by atoms with van der Waals surface area (Å²) in [6.45, 7) is 4.15. The minimum Gasteiger partial charge on any atom is -0.366 e. The molecule has 1 aromatic carbocycles. The van der Waals surface area contributed by atoms with E-state index in [1.807, 2.05) is 13.1 Å². The molecule has 1 heterocycles. The van der Waals surface area contributed by atoms with Crippen molar-refractivity contribution < 1.29 is 4.79 Å². The number of hydrogen-bond donors (Lipinski definition) is 3. The minimum absolute atomic E-state index is 0.242. The van der Waals surface area contributed by atoms with Crippen molar-refractivity contribution in [1.82, 2.24) is 15.3 Å². The lowest BCUT2D eigenvalue weighted by Gasteiger charge is -2.24. The summed E-state index contributed by atoms with van der Waals surface area (Å²) in [5.41, 5.74) is 7.03. The molecule has 0 radical (unpaired) electrons. The molecule has 1 aromatic heterocycles. The lowest BCUT2D eigenvalue weighted by Crippen LogP contribution is -2.37. The lowest BCUT2D eigenvalue weighted by atomic mass is 9.99. The molecule has 0 fully saturated rings. The highest BCUT2D eigenvalue weighted by atomic mass is 16.1. The third kappa shape index (κ3) is 1.86. The molecule has 5 heteroatoms. The van der Waals surface area contributed by atoms with Crippen molar-refractivity contribution in [2.75, 3.05) is 7.05 Å². The fourth-order valence-electron chi connectivity index (χ4n) is 1.95. The number of primary amides is 1. The van der Waals surface area contributed by atoms with Crippen molar-refractivity contribution >= 4 is 16.9 Å². The molecule has 2 aromatic rings. The fourth-order valence-corrected chi connectivity index (χ4v) is 1.95. The van der Waals surface area contributed by atoms with Crippen LogP contribution in [-0.4, -0.2) is 22.9 Å². The summed E-state index contributed by atoms with van der Waals surface area (Å²) in [7, 11) is 1.89. The first-order valence-corrected chi connectivity index (χ1v) is 5.99. The first-order valence-electron chi connectivity index (χ1n) is 5.99. The monoisotopic (exact) mass is 246 g/mol. The summed E-state index contributed by atoms with van der Waals surface area (Å²) >= 11 is 0. The van der Waals surface area contributed by atoms with E-state index in [2.05, 4.69) is 29.1 Å². The van der Waals surface area contributed by atoms with Crippen molar-refractivity contribution in [3.05, 3.63) is 29.6 Å². The topological polar surface area (TPSA) is 83.8 Å². The van der Waals surface area contributed by atoms with Crippen LogP contribution in [0.25, 0.3) is 11.0 Å². The average molecular weight is 246 g/mol. The van der Waals surface area contributed by atoms with Crippen LogP contribution < -0.4 is 11.1 Å². The number of nitrogens with one attached hydrogen (secondary N) is 2. The second-order valence-electron chi connectivity index (χ2n) is 4.59. The quantitative estimate of drug-likeness (QED) is 0.764. The summed E-state index contributed by atoms with van der Waals surface area (Å²) in [6, 6.07) is 5.38. The second kappa shape index (κ2) is 4.42. The molecule has 1 amide bonds. The van der Waals surface area contributed by atoms with Crippen LogP contribution in [0, 0.1) is 0 Å². The Morgan fingerprint density at radius 1 is 1.56 bits per heavy atom. The molecule has 0 saturated heterocycles. The number of para-hydroxylation sites is 1. The van der Waals surface area contributed by atoms with Gasteiger partial charge in [-0.3, -0.25) is 4.79 Å². The first kappa shape index (κ1) is 12.6. The van der Waals surface area contributed by atoms with Gasteiger partial charge in [0.2, 0.25) is 0 Å². The molecule has 18 heavy (non-hydrogen) atoms. The van der Waals surface area contributed by atoms with Crippen LogP contribution in [-0.2, 0) is 5.54 Å². The molecule has 1 atom stereocenters. The van der Waals surface area contributed by atoms with Gasteiger partial charge in [-0.1, -0.05) is 13.0 Å². The number of nitrogens with two attached hydrogens (primary N) is 1. The summed E-state index contributed by atoms with van der Waals surface area (Å²) in [4.78, 5) is 19.1. The Kier molecular flexibility index (Phi) is 3.09. The minimum atomic E-state index is -0.457. The maximum absolute atomic E-state index is 11.4. The Balaban J connectivity index is 2.64. The summed E-state index contributed by atoms with van der Waals surface area (Å²) in [5.74, 6) is 0.359. The Hall–Kier alpha value is -1.88. The number of carbonyl (C=O) groups excluding carboxylic acids is 1. The number of imidazole rings is 1. The summed E-state index contributed by atoms with van der Waals surface area (Å²) in [5, 5.41) is 3.24. The van der Waals surface area contributed by atoms with Crippen molar-refractivity contribution in [3.8, 4) is 0 Å². The Labute approximate surface area is 106 Å². The smallest absolute Gasteiger partial charge is 0.250 e. The van der Waals surface area contributed by atoms with E-state index in [9.17, 15) is 4.79 Å². The zero-order valence-corrected chi connectivity index (χ0v) is 10.9. The normalized spacial score (nSPS) is 14.6. The van der Waals surface area contributed by atoms with Gasteiger partial charge in [0.1, 0.15) is 11.3 Å². The van der Waals surface area contributed by atoms with Gasteiger partial charge in [-0.15, -0.1) is 0 Å². The van der Waals surface area contributed by atoms with Gasteiger partial charge < -0.3 is 16.0 Å². The van der Waals surface area contributed by atoms with E-state index in [0.717, 1.165) is 17.8 Å². The maximum Gasteiger partial charge on any atom is 0.250 e. The number of amides is 1. The van der Waals surface area contributed by atoms with E-state index in [1.165, 1.54) is 0 Å². The van der Waals surface area contributed by atoms with Gasteiger partial charge in [0.25, 0.3) is 5.91 Å². The third-order valence-electron chi connectivity index (χ3n) is 3.56. The van der Waals surface area contributed by atoms with Crippen LogP contribution in [0.15, 0.2) is 18.2 Å². The Morgan fingerprint density at radius 3 is 2.83 bits per heavy atom. The predicted molar refractivity (Wildman–Crippen MR) is 71.3 cm³/mol. The second-order valence-corrected chi connectivity index (χ2v) is 4.59. The number of aromatic nitrogens is 2. The number of H-pyrrole nitrogens is 1. The highest BCUT2D eigenvalue weighted by molar-refractivity contribution is 6.04. The highest BCUT2D eigenvalue weighted by Crippen LogP contribution is 2.25. The predicted octanol–water partition coefficient (Wildman–Crippen LogP) is 1.51. The highest BCUT2D eigenvalue weighted by Gasteiger charge is 2.26. The molecule has 2 rings (SSSR count). The van der Waals surface area contributed by atoms with Gasteiger partial charge in [0, 0.05) is 0 Å². The lowest BCUT2D eigenvalue weighted by molar-refractivity contribution is 0.100. The number of benzene rings is 1. The number of fused-ring (bicyclic) bond motifs is 1. The molecule has 5 nitrogen and oxygen atoms in total. The van der Waals surface area contributed by atoms with Crippen molar-refractivity contribution in [3.63, 3.8) is 0 Å². The third-order valence-corrected chi connectivity index (χ3v) is 3.56. The molecule has 0 spiro atoms. The molecule has 0 aliphatic heterocycles. The van der Waals surface area contributed by atoms with Crippen LogP contribution >= 0.6 is 0 Å². The molecule has 4 N–H and O–H groups in total. The molecule has 0 aliphatic rings. The Bertz CT molecular complexity index is 584. The molecule has 0 bridgehead atoms. The van der Waals surface area contributed by atoms with E-state index < -0.39 is 5.91 Å². The standard InChI is InChI=1S/C13H18N4O/c1-4-13(2,15-3)12-16-9-7-5-6-8(11(14)18)10(9)17-12/h5-7,15H,4H2,1-3H3,(H2,14,18)(H,16,17)/t13-/m1/s1. The van der Waals surface area contributed by atoms with Crippen molar-refractivity contribution in [2.45, 2.75) is 25.8 Å². The zero-order valence-electron chi connectivity index (χ0n) is 10.9. The first-order chi connectivity index (χ1) is 8.51. The van der Waals surface area contributed by atoms with Gasteiger partial charge in [0.05, 0.1) is 16.6 Å². The number of aromatic amines is 1. The van der Waals surface area contributed by atoms with Crippen LogP contribution in [0.1, 0.15) is 36.5 Å². The van der Waals surface area contributed by atoms with Gasteiger partial charge in [-0.05, 0) is 32.5 Å². The molecule has 0 saturated carbocycles. The van der Waals surface area contributed by atoms with Gasteiger partial charge in [0.15, 0.2) is 0 Å². The van der Waals surface area contributed by atoms with Crippen LogP contribution in [0.5, 0.6) is 0 Å². The molecule has 0 unspecified atom stereocenters. The molecular formula is C13H18N4O. The molecular weight excluding hydrogens is 228 g/mol. The summed E-state index contributed by atoms with van der Waals surface area (Å²) < 4.78 is 0. The van der Waals surface area contributed by atoms with E-state index in [0.29, 0.717) is 11.1 Å². The number of hydrogen-bond acceptors (Lipinski definition) is 3. The van der Waals surface area contributed by atoms with Crippen LogP contribution in [0.3, 0.4) is 0 Å². The van der Waals surface area contributed by atoms with E-state index >= 15 is 0 Å². The summed E-state index contributed by atoms with van der Waals surface area (Å²) in [6.07, 6.45) is 0.884. The van der Waals surface area contributed by atoms with E-state index in [1.54, 1.807) is 12.1 Å². The SMILES string of the molecule is CC[C@@](C)(NC)c1nc2c(C(N)=O)cccc2[nH]1. The van der Waals surface area contributed by atoms with Crippen molar-refractivity contribution in [2.24, 2.45) is 5.73 Å². The van der Waals surface area contributed by atoms with Crippen LogP contribution in [0.4, 0.5) is 0 Å². The number of carbonyl (C=O) groups is 1. The molecule has 96 valence electrons. The number of nitrogens with zero attached hydrogens (tertiary/aromatic N) is 1. The largest absolute Gasteiger partial charge is 0.366 e. The number of rotatable bonds is 4. The van der Waals surface area contributed by atoms with Gasteiger partial charge >= 0.3 is 0 Å². The molecule has 0 aliphatic carbocycles. The fraction of sp³-hybridized carbons (Fsp3) is 0.385. The van der Waals surface area contributed by atoms with Crippen LogP contribution in [0.2, 0.25) is 0 Å². The van der Waals surface area contributed by atoms with Gasteiger partial charge in [-0.2, -0.15) is 0 Å². The van der Waals surface area contributed by atoms with Crippen molar-refractivity contribution in [1.29, 1.82) is 0 Å². The average Bonchev–Trinajstić information content (AvgIpc) is 2.81. The van der Waals surface area contributed by atoms with Gasteiger partial charge in [-0.25, -0.2) is 4.98 Å². The zero-order chi connectivity index (χ0) is 13.3. The maximum atomic E-state index is 11.4. The van der Waals surface area contributed by atoms with E-state index in [-0.39, 0.29) is 5.54 Å². The van der Waals surface area contributed by atoms with E-state index in [4.69, 9.17) is 5.73 Å². The Morgan fingerprint density at radius 2 is 2.28 bits per heavy atom.